The number of likely N-dealkylation sites (tertiary alicyclic amines) is 1. The first-order valence-electron chi connectivity index (χ1n) is 8.72. The molecule has 1 saturated carbocycles. The molecule has 4 N–H and O–H groups in total. The van der Waals surface area contributed by atoms with Crippen molar-refractivity contribution in [3.63, 3.8) is 0 Å². The number of anilines is 1. The third-order valence-corrected chi connectivity index (χ3v) is 5.42. The van der Waals surface area contributed by atoms with E-state index in [9.17, 15) is 9.90 Å². The van der Waals surface area contributed by atoms with Crippen molar-refractivity contribution in [1.29, 1.82) is 0 Å². The molecule has 1 heterocycles. The van der Waals surface area contributed by atoms with E-state index in [1.54, 1.807) is 6.07 Å². The maximum absolute atomic E-state index is 12.5. The van der Waals surface area contributed by atoms with Gasteiger partial charge in [-0.15, -0.1) is 0 Å². The summed E-state index contributed by atoms with van der Waals surface area (Å²) in [5, 5.41) is 12.7. The number of benzene rings is 1. The third kappa shape index (κ3) is 3.44. The van der Waals surface area contributed by atoms with Crippen LogP contribution in [0.2, 0.25) is 0 Å². The summed E-state index contributed by atoms with van der Waals surface area (Å²) in [6, 6.07) is 4.51. The molecule has 126 valence electrons. The van der Waals surface area contributed by atoms with Crippen LogP contribution in [0.4, 0.5) is 5.69 Å². The van der Waals surface area contributed by atoms with Crippen molar-refractivity contribution in [1.82, 2.24) is 10.2 Å². The largest absolute Gasteiger partial charge is 0.508 e. The Hall–Kier alpha value is -1.75. The standard InChI is InChI=1S/C18H27N3O2/c19-16-7-6-14(22)12-15(16)17(23)20-13-18(8-2-3-9-18)21-10-4-1-5-11-21/h6-7,12,22H,1-5,8-11,13,19H2,(H,20,23). The SMILES string of the molecule is Nc1ccc(O)cc1C(=O)NCC1(N2CCCCC2)CCCC1. The van der Waals surface area contributed by atoms with E-state index in [1.165, 1.54) is 44.2 Å². The molecule has 1 saturated heterocycles. The fourth-order valence-corrected chi connectivity index (χ4v) is 4.09. The number of aromatic hydroxyl groups is 1. The molecule has 1 aromatic rings. The van der Waals surface area contributed by atoms with Crippen molar-refractivity contribution in [3.05, 3.63) is 23.8 Å². The molecular weight excluding hydrogens is 290 g/mol. The minimum Gasteiger partial charge on any atom is -0.508 e. The van der Waals surface area contributed by atoms with Gasteiger partial charge in [0.15, 0.2) is 0 Å². The monoisotopic (exact) mass is 317 g/mol. The first-order chi connectivity index (χ1) is 11.1. The van der Waals surface area contributed by atoms with Gasteiger partial charge in [-0.1, -0.05) is 19.3 Å². The van der Waals surface area contributed by atoms with Crippen molar-refractivity contribution in [2.24, 2.45) is 0 Å². The van der Waals surface area contributed by atoms with Crippen LogP contribution in [0.5, 0.6) is 5.75 Å². The Morgan fingerprint density at radius 1 is 1.17 bits per heavy atom. The lowest BCUT2D eigenvalue weighted by Gasteiger charge is -2.43. The van der Waals surface area contributed by atoms with E-state index in [-0.39, 0.29) is 17.2 Å². The summed E-state index contributed by atoms with van der Waals surface area (Å²) in [4.78, 5) is 15.1. The highest BCUT2D eigenvalue weighted by Gasteiger charge is 2.40. The number of hydrogen-bond donors (Lipinski definition) is 3. The fourth-order valence-electron chi connectivity index (χ4n) is 4.09. The van der Waals surface area contributed by atoms with E-state index in [0.717, 1.165) is 25.9 Å². The number of phenolic OH excluding ortho intramolecular Hbond substituents is 1. The van der Waals surface area contributed by atoms with Gasteiger partial charge in [0.1, 0.15) is 5.75 Å². The average molecular weight is 317 g/mol. The normalized spacial score (nSPS) is 21.2. The molecule has 0 spiro atoms. The predicted octanol–water partition coefficient (Wildman–Crippen LogP) is 2.50. The van der Waals surface area contributed by atoms with E-state index in [2.05, 4.69) is 10.2 Å². The summed E-state index contributed by atoms with van der Waals surface area (Å²) >= 11 is 0. The molecule has 0 aromatic heterocycles. The Morgan fingerprint density at radius 3 is 2.57 bits per heavy atom. The predicted molar refractivity (Wildman–Crippen MR) is 91.5 cm³/mol. The van der Waals surface area contributed by atoms with Gasteiger partial charge in [0.2, 0.25) is 0 Å². The van der Waals surface area contributed by atoms with Crippen molar-refractivity contribution in [2.45, 2.75) is 50.5 Å². The van der Waals surface area contributed by atoms with Crippen LogP contribution in [0, 0.1) is 0 Å². The highest BCUT2D eigenvalue weighted by Crippen LogP contribution is 2.36. The van der Waals surface area contributed by atoms with Gasteiger partial charge in [0.25, 0.3) is 5.91 Å². The zero-order chi connectivity index (χ0) is 16.3. The molecule has 23 heavy (non-hydrogen) atoms. The number of nitrogens with one attached hydrogen (secondary N) is 1. The summed E-state index contributed by atoms with van der Waals surface area (Å²) in [6.45, 7) is 2.95. The first-order valence-corrected chi connectivity index (χ1v) is 8.72. The van der Waals surface area contributed by atoms with Gasteiger partial charge in [-0.3, -0.25) is 9.69 Å². The quantitative estimate of drug-likeness (QED) is 0.589. The molecule has 1 aromatic carbocycles. The molecule has 2 aliphatic rings. The van der Waals surface area contributed by atoms with Crippen molar-refractivity contribution >= 4 is 11.6 Å². The lowest BCUT2D eigenvalue weighted by atomic mass is 9.92. The van der Waals surface area contributed by atoms with Crippen LogP contribution in [0.1, 0.15) is 55.3 Å². The maximum Gasteiger partial charge on any atom is 0.253 e. The lowest BCUT2D eigenvalue weighted by Crippen LogP contribution is -2.55. The Bertz CT molecular complexity index is 561. The van der Waals surface area contributed by atoms with Gasteiger partial charge in [-0.05, 0) is 57.0 Å². The van der Waals surface area contributed by atoms with Gasteiger partial charge in [-0.2, -0.15) is 0 Å². The fraction of sp³-hybridized carbons (Fsp3) is 0.611. The number of nitrogens with two attached hydrogens (primary N) is 1. The van der Waals surface area contributed by atoms with Crippen molar-refractivity contribution < 1.29 is 9.90 Å². The Kier molecular flexibility index (Phi) is 4.76. The average Bonchev–Trinajstić information content (AvgIpc) is 3.06. The molecule has 3 rings (SSSR count). The Balaban J connectivity index is 1.69. The van der Waals surface area contributed by atoms with E-state index in [0.29, 0.717) is 17.8 Å². The number of hydrogen-bond acceptors (Lipinski definition) is 4. The summed E-state index contributed by atoms with van der Waals surface area (Å²) in [5.41, 5.74) is 6.74. The molecule has 1 amide bonds. The van der Waals surface area contributed by atoms with Crippen LogP contribution in [0.25, 0.3) is 0 Å². The summed E-state index contributed by atoms with van der Waals surface area (Å²) in [6.07, 6.45) is 8.62. The smallest absolute Gasteiger partial charge is 0.253 e. The van der Waals surface area contributed by atoms with Gasteiger partial charge in [-0.25, -0.2) is 0 Å². The summed E-state index contributed by atoms with van der Waals surface area (Å²) in [5.74, 6) is -0.127. The van der Waals surface area contributed by atoms with Gasteiger partial charge < -0.3 is 16.2 Å². The van der Waals surface area contributed by atoms with E-state index >= 15 is 0 Å². The number of nitrogen functional groups attached to an aromatic ring is 1. The molecule has 1 aliphatic heterocycles. The third-order valence-electron chi connectivity index (χ3n) is 5.42. The van der Waals surface area contributed by atoms with Gasteiger partial charge in [0.05, 0.1) is 5.56 Å². The van der Waals surface area contributed by atoms with Gasteiger partial charge in [0, 0.05) is 17.8 Å². The van der Waals surface area contributed by atoms with Crippen LogP contribution in [-0.4, -0.2) is 41.1 Å². The molecule has 1 aliphatic carbocycles. The minimum atomic E-state index is -0.193. The maximum atomic E-state index is 12.5. The second kappa shape index (κ2) is 6.79. The molecule has 5 heteroatoms. The highest BCUT2D eigenvalue weighted by molar-refractivity contribution is 5.99. The number of phenols is 1. The molecule has 0 radical (unpaired) electrons. The van der Waals surface area contributed by atoms with E-state index in [4.69, 9.17) is 5.73 Å². The molecular formula is C18H27N3O2. The number of amides is 1. The van der Waals surface area contributed by atoms with Gasteiger partial charge >= 0.3 is 0 Å². The van der Waals surface area contributed by atoms with Crippen molar-refractivity contribution in [2.75, 3.05) is 25.4 Å². The van der Waals surface area contributed by atoms with Crippen LogP contribution in [0.15, 0.2) is 18.2 Å². The molecule has 0 bridgehead atoms. The number of nitrogens with zero attached hydrogens (tertiary/aromatic N) is 1. The van der Waals surface area contributed by atoms with Crippen LogP contribution in [0.3, 0.4) is 0 Å². The number of piperidine rings is 1. The second-order valence-corrected chi connectivity index (χ2v) is 6.93. The topological polar surface area (TPSA) is 78.6 Å². The highest BCUT2D eigenvalue weighted by atomic mass is 16.3. The van der Waals surface area contributed by atoms with Crippen molar-refractivity contribution in [3.8, 4) is 5.75 Å². The number of carbonyl (C=O) groups excluding carboxylic acids is 1. The van der Waals surface area contributed by atoms with Crippen LogP contribution >= 0.6 is 0 Å². The van der Waals surface area contributed by atoms with E-state index < -0.39 is 0 Å². The zero-order valence-electron chi connectivity index (χ0n) is 13.7. The lowest BCUT2D eigenvalue weighted by molar-refractivity contribution is 0.0643. The zero-order valence-corrected chi connectivity index (χ0v) is 13.7. The molecule has 0 unspecified atom stereocenters. The summed E-state index contributed by atoms with van der Waals surface area (Å²) in [7, 11) is 0. The van der Waals surface area contributed by atoms with E-state index in [1.807, 2.05) is 0 Å². The Morgan fingerprint density at radius 2 is 1.87 bits per heavy atom. The number of carbonyl (C=O) groups is 1. The minimum absolute atomic E-state index is 0.0657. The van der Waals surface area contributed by atoms with Crippen LogP contribution < -0.4 is 11.1 Å². The molecule has 0 atom stereocenters. The molecule has 2 fully saturated rings. The first kappa shape index (κ1) is 16.1. The molecule has 5 nitrogen and oxygen atoms in total. The van der Waals surface area contributed by atoms with Crippen LogP contribution in [-0.2, 0) is 0 Å². The number of rotatable bonds is 4. The Labute approximate surface area is 137 Å². The second-order valence-electron chi connectivity index (χ2n) is 6.93. The summed E-state index contributed by atoms with van der Waals surface area (Å²) < 4.78 is 0.